The SMILES string of the molecule is COc1ccc2c(c1)[nH]c(=O)c1c3cc(OC)ccc3oc21. The zero-order valence-corrected chi connectivity index (χ0v) is 12.1. The molecule has 22 heavy (non-hydrogen) atoms. The first-order valence-electron chi connectivity index (χ1n) is 6.81. The summed E-state index contributed by atoms with van der Waals surface area (Å²) in [4.78, 5) is 15.4. The fourth-order valence-electron chi connectivity index (χ4n) is 2.76. The topological polar surface area (TPSA) is 64.5 Å². The highest BCUT2D eigenvalue weighted by atomic mass is 16.5. The summed E-state index contributed by atoms with van der Waals surface area (Å²) in [5, 5.41) is 2.12. The molecule has 2 heterocycles. The Hall–Kier alpha value is -2.95. The summed E-state index contributed by atoms with van der Waals surface area (Å²) in [7, 11) is 3.18. The van der Waals surface area contributed by atoms with Crippen molar-refractivity contribution < 1.29 is 13.9 Å². The lowest BCUT2D eigenvalue weighted by Gasteiger charge is -2.02. The highest BCUT2D eigenvalue weighted by Gasteiger charge is 2.15. The van der Waals surface area contributed by atoms with Gasteiger partial charge in [-0.25, -0.2) is 0 Å². The number of pyridine rings is 1. The summed E-state index contributed by atoms with van der Waals surface area (Å²) in [6.45, 7) is 0. The first-order valence-corrected chi connectivity index (χ1v) is 6.81. The molecule has 0 aliphatic heterocycles. The molecule has 5 nitrogen and oxygen atoms in total. The van der Waals surface area contributed by atoms with Gasteiger partial charge in [0.2, 0.25) is 0 Å². The zero-order chi connectivity index (χ0) is 15.3. The number of methoxy groups -OCH3 is 2. The lowest BCUT2D eigenvalue weighted by Crippen LogP contribution is -2.05. The molecule has 0 unspecified atom stereocenters. The lowest BCUT2D eigenvalue weighted by molar-refractivity contribution is 0.415. The highest BCUT2D eigenvalue weighted by Crippen LogP contribution is 2.33. The number of nitrogens with one attached hydrogen (secondary N) is 1. The third kappa shape index (κ3) is 1.69. The van der Waals surface area contributed by atoms with Crippen LogP contribution in [0, 0.1) is 0 Å². The summed E-state index contributed by atoms with van der Waals surface area (Å²) in [6.07, 6.45) is 0. The van der Waals surface area contributed by atoms with Crippen LogP contribution in [0.5, 0.6) is 11.5 Å². The molecular weight excluding hydrogens is 282 g/mol. The van der Waals surface area contributed by atoms with Crippen LogP contribution in [-0.4, -0.2) is 19.2 Å². The number of benzene rings is 2. The van der Waals surface area contributed by atoms with E-state index in [4.69, 9.17) is 13.9 Å². The number of hydrogen-bond donors (Lipinski definition) is 1. The van der Waals surface area contributed by atoms with Crippen molar-refractivity contribution in [2.45, 2.75) is 0 Å². The van der Waals surface area contributed by atoms with E-state index in [1.165, 1.54) is 0 Å². The number of rotatable bonds is 2. The number of furan rings is 1. The lowest BCUT2D eigenvalue weighted by atomic mass is 10.1. The summed E-state index contributed by atoms with van der Waals surface area (Å²) >= 11 is 0. The molecule has 0 bridgehead atoms. The normalized spacial score (nSPS) is 11.4. The number of fused-ring (bicyclic) bond motifs is 5. The predicted molar refractivity (Wildman–Crippen MR) is 85.0 cm³/mol. The van der Waals surface area contributed by atoms with Crippen molar-refractivity contribution in [1.29, 1.82) is 0 Å². The van der Waals surface area contributed by atoms with Gasteiger partial charge in [0.05, 0.1) is 25.1 Å². The number of aromatic amines is 1. The van der Waals surface area contributed by atoms with Gasteiger partial charge in [-0.3, -0.25) is 4.79 Å². The van der Waals surface area contributed by atoms with Crippen molar-refractivity contribution in [1.82, 2.24) is 4.98 Å². The summed E-state index contributed by atoms with van der Waals surface area (Å²) in [5.74, 6) is 1.37. The molecular formula is C17H13NO4. The largest absolute Gasteiger partial charge is 0.497 e. The predicted octanol–water partition coefficient (Wildman–Crippen LogP) is 3.44. The highest BCUT2D eigenvalue weighted by molar-refractivity contribution is 6.13. The molecule has 110 valence electrons. The van der Waals surface area contributed by atoms with Crippen LogP contribution in [0.1, 0.15) is 0 Å². The molecule has 0 saturated heterocycles. The van der Waals surface area contributed by atoms with Crippen LogP contribution in [0.2, 0.25) is 0 Å². The Morgan fingerprint density at radius 1 is 0.955 bits per heavy atom. The molecule has 2 aromatic heterocycles. The minimum absolute atomic E-state index is 0.192. The average molecular weight is 295 g/mol. The molecule has 0 radical (unpaired) electrons. The number of hydrogen-bond acceptors (Lipinski definition) is 4. The Bertz CT molecular complexity index is 1070. The van der Waals surface area contributed by atoms with Gasteiger partial charge in [-0.1, -0.05) is 0 Å². The van der Waals surface area contributed by atoms with Crippen molar-refractivity contribution in [3.63, 3.8) is 0 Å². The molecule has 0 saturated carbocycles. The second-order valence-electron chi connectivity index (χ2n) is 5.03. The Morgan fingerprint density at radius 3 is 2.45 bits per heavy atom. The molecule has 0 fully saturated rings. The van der Waals surface area contributed by atoms with Crippen molar-refractivity contribution in [2.75, 3.05) is 14.2 Å². The fourth-order valence-corrected chi connectivity index (χ4v) is 2.76. The fraction of sp³-hybridized carbons (Fsp3) is 0.118. The van der Waals surface area contributed by atoms with Gasteiger partial charge in [-0.05, 0) is 30.3 Å². The van der Waals surface area contributed by atoms with E-state index in [0.717, 1.165) is 10.8 Å². The van der Waals surface area contributed by atoms with Crippen LogP contribution in [-0.2, 0) is 0 Å². The quantitative estimate of drug-likeness (QED) is 0.615. The van der Waals surface area contributed by atoms with E-state index >= 15 is 0 Å². The van der Waals surface area contributed by atoms with Crippen molar-refractivity contribution >= 4 is 32.8 Å². The van der Waals surface area contributed by atoms with Crippen LogP contribution in [0.15, 0.2) is 45.6 Å². The molecule has 0 aliphatic rings. The number of aromatic nitrogens is 1. The van der Waals surface area contributed by atoms with Gasteiger partial charge in [0, 0.05) is 16.8 Å². The maximum absolute atomic E-state index is 12.5. The third-order valence-corrected chi connectivity index (χ3v) is 3.84. The molecule has 1 N–H and O–H groups in total. The standard InChI is InChI=1S/C17H13NO4/c1-20-9-4-6-14-12(7-9)15-16(22-14)11-5-3-10(21-2)8-13(11)18-17(15)19/h3-8H,1-2H3,(H,18,19). The van der Waals surface area contributed by atoms with Crippen LogP contribution >= 0.6 is 0 Å². The van der Waals surface area contributed by atoms with Crippen LogP contribution in [0.3, 0.4) is 0 Å². The van der Waals surface area contributed by atoms with Gasteiger partial charge in [0.25, 0.3) is 5.56 Å². The van der Waals surface area contributed by atoms with Gasteiger partial charge >= 0.3 is 0 Å². The molecule has 4 aromatic rings. The molecule has 0 aliphatic carbocycles. The third-order valence-electron chi connectivity index (χ3n) is 3.84. The van der Waals surface area contributed by atoms with Gasteiger partial charge < -0.3 is 18.9 Å². The molecule has 5 heteroatoms. The molecule has 0 atom stereocenters. The number of ether oxygens (including phenoxy) is 2. The van der Waals surface area contributed by atoms with Gasteiger partial charge in [-0.2, -0.15) is 0 Å². The molecule has 2 aromatic carbocycles. The van der Waals surface area contributed by atoms with Gasteiger partial charge in [0.1, 0.15) is 22.7 Å². The maximum Gasteiger partial charge on any atom is 0.260 e. The minimum Gasteiger partial charge on any atom is -0.497 e. The van der Waals surface area contributed by atoms with E-state index in [1.807, 2.05) is 30.3 Å². The van der Waals surface area contributed by atoms with E-state index in [9.17, 15) is 4.79 Å². The minimum atomic E-state index is -0.192. The van der Waals surface area contributed by atoms with E-state index in [0.29, 0.717) is 33.6 Å². The zero-order valence-electron chi connectivity index (χ0n) is 12.1. The molecule has 0 amide bonds. The smallest absolute Gasteiger partial charge is 0.260 e. The monoisotopic (exact) mass is 295 g/mol. The van der Waals surface area contributed by atoms with E-state index in [1.54, 1.807) is 20.3 Å². The van der Waals surface area contributed by atoms with Crippen molar-refractivity contribution in [2.24, 2.45) is 0 Å². The second kappa shape index (κ2) is 4.53. The Morgan fingerprint density at radius 2 is 1.68 bits per heavy atom. The summed E-state index contributed by atoms with van der Waals surface area (Å²) in [6, 6.07) is 10.9. The Kier molecular flexibility index (Phi) is 2.63. The van der Waals surface area contributed by atoms with Crippen LogP contribution < -0.4 is 15.0 Å². The Balaban J connectivity index is 2.19. The van der Waals surface area contributed by atoms with E-state index in [-0.39, 0.29) is 5.56 Å². The average Bonchev–Trinajstić information content (AvgIpc) is 2.93. The second-order valence-corrected chi connectivity index (χ2v) is 5.03. The first kappa shape index (κ1) is 12.8. The van der Waals surface area contributed by atoms with Crippen molar-refractivity contribution in [3.8, 4) is 11.5 Å². The van der Waals surface area contributed by atoms with Crippen LogP contribution in [0.25, 0.3) is 32.8 Å². The first-order chi connectivity index (χ1) is 10.7. The van der Waals surface area contributed by atoms with Crippen molar-refractivity contribution in [3.05, 3.63) is 46.8 Å². The van der Waals surface area contributed by atoms with Gasteiger partial charge in [0.15, 0.2) is 0 Å². The summed E-state index contributed by atoms with van der Waals surface area (Å²) in [5.41, 5.74) is 1.72. The van der Waals surface area contributed by atoms with E-state index < -0.39 is 0 Å². The van der Waals surface area contributed by atoms with E-state index in [2.05, 4.69) is 4.98 Å². The summed E-state index contributed by atoms with van der Waals surface area (Å²) < 4.78 is 16.3. The Labute approximate surface area is 125 Å². The maximum atomic E-state index is 12.5. The molecule has 4 rings (SSSR count). The van der Waals surface area contributed by atoms with Crippen LogP contribution in [0.4, 0.5) is 0 Å². The van der Waals surface area contributed by atoms with Gasteiger partial charge in [-0.15, -0.1) is 0 Å². The molecule has 0 spiro atoms. The number of H-pyrrole nitrogens is 1.